The molecule has 116 valence electrons. The molecule has 0 bridgehead atoms. The summed E-state index contributed by atoms with van der Waals surface area (Å²) in [5.41, 5.74) is 1.28. The van der Waals surface area contributed by atoms with Gasteiger partial charge in [0.05, 0.1) is 0 Å². The van der Waals surface area contributed by atoms with Gasteiger partial charge in [-0.3, -0.25) is 4.79 Å². The van der Waals surface area contributed by atoms with Crippen LogP contribution in [-0.4, -0.2) is 10.9 Å². The van der Waals surface area contributed by atoms with E-state index in [1.54, 1.807) is 30.5 Å². The Balaban J connectivity index is 1.75. The van der Waals surface area contributed by atoms with E-state index in [9.17, 15) is 13.6 Å². The first kappa shape index (κ1) is 15.1. The van der Waals surface area contributed by atoms with Crippen molar-refractivity contribution in [1.82, 2.24) is 4.98 Å². The summed E-state index contributed by atoms with van der Waals surface area (Å²) in [6.45, 7) is 0. The number of anilines is 3. The molecule has 0 saturated carbocycles. The van der Waals surface area contributed by atoms with Crippen LogP contribution in [0.4, 0.5) is 25.3 Å². The lowest BCUT2D eigenvalue weighted by Crippen LogP contribution is -2.12. The first-order valence-corrected chi connectivity index (χ1v) is 7.53. The molecule has 3 rings (SSSR count). The Kier molecular flexibility index (Phi) is 4.29. The van der Waals surface area contributed by atoms with Crippen LogP contribution in [0, 0.1) is 11.6 Å². The quantitative estimate of drug-likeness (QED) is 0.744. The van der Waals surface area contributed by atoms with Crippen LogP contribution in [0.15, 0.2) is 54.0 Å². The molecule has 2 aromatic carbocycles. The van der Waals surface area contributed by atoms with Crippen molar-refractivity contribution in [2.75, 3.05) is 10.6 Å². The van der Waals surface area contributed by atoms with Gasteiger partial charge in [-0.1, -0.05) is 6.07 Å². The van der Waals surface area contributed by atoms with E-state index in [1.807, 2.05) is 5.38 Å². The van der Waals surface area contributed by atoms with E-state index in [-0.39, 0.29) is 5.69 Å². The zero-order chi connectivity index (χ0) is 16.2. The monoisotopic (exact) mass is 331 g/mol. The fraction of sp³-hybridized carbons (Fsp3) is 0. The highest BCUT2D eigenvalue weighted by molar-refractivity contribution is 7.13. The van der Waals surface area contributed by atoms with Crippen molar-refractivity contribution in [3.8, 4) is 0 Å². The minimum absolute atomic E-state index is 0.187. The van der Waals surface area contributed by atoms with Crippen molar-refractivity contribution in [1.29, 1.82) is 0 Å². The van der Waals surface area contributed by atoms with Gasteiger partial charge < -0.3 is 10.6 Å². The predicted octanol–water partition coefficient (Wildman–Crippen LogP) is 4.42. The summed E-state index contributed by atoms with van der Waals surface area (Å²) in [6, 6.07) is 10.00. The van der Waals surface area contributed by atoms with Crippen molar-refractivity contribution in [3.05, 3.63) is 71.2 Å². The van der Waals surface area contributed by atoms with E-state index in [0.717, 1.165) is 12.1 Å². The summed E-state index contributed by atoms with van der Waals surface area (Å²) in [5.74, 6) is -2.39. The zero-order valence-corrected chi connectivity index (χ0v) is 12.5. The first-order chi connectivity index (χ1) is 11.1. The zero-order valence-electron chi connectivity index (χ0n) is 11.7. The number of carbonyl (C=O) groups is 1. The molecule has 0 aliphatic carbocycles. The molecular weight excluding hydrogens is 320 g/mol. The van der Waals surface area contributed by atoms with E-state index in [1.165, 1.54) is 17.4 Å². The minimum atomic E-state index is -1.01. The van der Waals surface area contributed by atoms with E-state index < -0.39 is 17.5 Å². The number of carbonyl (C=O) groups excluding carboxylic acids is 1. The highest BCUT2D eigenvalue weighted by Crippen LogP contribution is 2.20. The number of benzene rings is 2. The minimum Gasteiger partial charge on any atom is -0.332 e. The van der Waals surface area contributed by atoms with Gasteiger partial charge in [0.25, 0.3) is 5.91 Å². The molecule has 0 aliphatic rings. The van der Waals surface area contributed by atoms with Crippen LogP contribution < -0.4 is 10.6 Å². The van der Waals surface area contributed by atoms with Crippen LogP contribution in [0.1, 0.15) is 10.4 Å². The van der Waals surface area contributed by atoms with Crippen LogP contribution in [0.25, 0.3) is 0 Å². The maximum atomic E-state index is 13.2. The molecule has 1 heterocycles. The molecule has 1 amide bonds. The van der Waals surface area contributed by atoms with E-state index in [0.29, 0.717) is 16.4 Å². The summed E-state index contributed by atoms with van der Waals surface area (Å²) < 4.78 is 26.1. The number of hydrogen-bond acceptors (Lipinski definition) is 4. The normalized spacial score (nSPS) is 10.3. The highest BCUT2D eigenvalue weighted by Gasteiger charge is 2.09. The molecule has 0 fully saturated rings. The molecule has 3 aromatic rings. The molecule has 0 spiro atoms. The Hall–Kier alpha value is -2.80. The number of nitrogens with zero attached hydrogens (tertiary/aromatic N) is 1. The van der Waals surface area contributed by atoms with Gasteiger partial charge >= 0.3 is 0 Å². The lowest BCUT2D eigenvalue weighted by Gasteiger charge is -2.08. The van der Waals surface area contributed by atoms with Gasteiger partial charge in [0.2, 0.25) is 0 Å². The third-order valence-corrected chi connectivity index (χ3v) is 3.67. The lowest BCUT2D eigenvalue weighted by atomic mass is 10.2. The van der Waals surface area contributed by atoms with Crippen molar-refractivity contribution < 1.29 is 13.6 Å². The third kappa shape index (κ3) is 3.70. The van der Waals surface area contributed by atoms with Gasteiger partial charge in [-0.25, -0.2) is 13.8 Å². The fourth-order valence-electron chi connectivity index (χ4n) is 1.92. The molecule has 0 aliphatic heterocycles. The summed E-state index contributed by atoms with van der Waals surface area (Å²) >= 11 is 1.44. The SMILES string of the molecule is O=C(Nc1ccc(F)c(F)c1)c1cccc(Nc2nccs2)c1. The van der Waals surface area contributed by atoms with Crippen molar-refractivity contribution in [2.45, 2.75) is 0 Å². The number of amides is 1. The van der Waals surface area contributed by atoms with Crippen LogP contribution in [0.2, 0.25) is 0 Å². The van der Waals surface area contributed by atoms with Crippen LogP contribution in [0.3, 0.4) is 0 Å². The molecule has 0 radical (unpaired) electrons. The Labute approximate surface area is 134 Å². The van der Waals surface area contributed by atoms with Gasteiger partial charge in [-0.2, -0.15) is 0 Å². The van der Waals surface area contributed by atoms with Crippen molar-refractivity contribution >= 4 is 33.8 Å². The van der Waals surface area contributed by atoms with Gasteiger partial charge in [0.1, 0.15) is 0 Å². The van der Waals surface area contributed by atoms with Gasteiger partial charge in [0, 0.05) is 34.6 Å². The largest absolute Gasteiger partial charge is 0.332 e. The number of halogens is 2. The molecule has 0 saturated heterocycles. The van der Waals surface area contributed by atoms with Crippen LogP contribution in [-0.2, 0) is 0 Å². The molecule has 4 nitrogen and oxygen atoms in total. The second-order valence-electron chi connectivity index (χ2n) is 4.63. The number of rotatable bonds is 4. The second kappa shape index (κ2) is 6.53. The fourth-order valence-corrected chi connectivity index (χ4v) is 2.47. The van der Waals surface area contributed by atoms with E-state index in [2.05, 4.69) is 15.6 Å². The maximum absolute atomic E-state index is 13.2. The second-order valence-corrected chi connectivity index (χ2v) is 5.52. The average molecular weight is 331 g/mol. The number of aromatic nitrogens is 1. The Morgan fingerprint density at radius 2 is 1.91 bits per heavy atom. The maximum Gasteiger partial charge on any atom is 0.255 e. The average Bonchev–Trinajstić information content (AvgIpc) is 3.04. The Bertz CT molecular complexity index is 837. The smallest absolute Gasteiger partial charge is 0.255 e. The standard InChI is InChI=1S/C16H11F2N3OS/c17-13-5-4-12(9-14(13)18)20-15(22)10-2-1-3-11(8-10)21-16-19-6-7-23-16/h1-9H,(H,19,21)(H,20,22). The lowest BCUT2D eigenvalue weighted by molar-refractivity contribution is 0.102. The number of hydrogen-bond donors (Lipinski definition) is 2. The van der Waals surface area contributed by atoms with Gasteiger partial charge in [-0.15, -0.1) is 11.3 Å². The van der Waals surface area contributed by atoms with E-state index in [4.69, 9.17) is 0 Å². The van der Waals surface area contributed by atoms with Gasteiger partial charge in [-0.05, 0) is 30.3 Å². The first-order valence-electron chi connectivity index (χ1n) is 6.65. The molecule has 0 unspecified atom stereocenters. The predicted molar refractivity (Wildman–Crippen MR) is 86.1 cm³/mol. The van der Waals surface area contributed by atoms with Crippen molar-refractivity contribution in [2.24, 2.45) is 0 Å². The summed E-state index contributed by atoms with van der Waals surface area (Å²) in [7, 11) is 0. The Morgan fingerprint density at radius 1 is 1.04 bits per heavy atom. The highest BCUT2D eigenvalue weighted by atomic mass is 32.1. The summed E-state index contributed by atoms with van der Waals surface area (Å²) in [6.07, 6.45) is 1.67. The molecule has 1 aromatic heterocycles. The van der Waals surface area contributed by atoms with Crippen LogP contribution in [0.5, 0.6) is 0 Å². The van der Waals surface area contributed by atoms with Gasteiger partial charge in [0.15, 0.2) is 16.8 Å². The molecule has 7 heteroatoms. The molecular formula is C16H11F2N3OS. The Morgan fingerprint density at radius 3 is 2.65 bits per heavy atom. The summed E-state index contributed by atoms with van der Waals surface area (Å²) in [4.78, 5) is 16.3. The topological polar surface area (TPSA) is 54.0 Å². The molecule has 23 heavy (non-hydrogen) atoms. The van der Waals surface area contributed by atoms with Crippen molar-refractivity contribution in [3.63, 3.8) is 0 Å². The third-order valence-electron chi connectivity index (χ3n) is 2.99. The summed E-state index contributed by atoms with van der Waals surface area (Å²) in [5, 5.41) is 8.15. The van der Waals surface area contributed by atoms with Crippen LogP contribution >= 0.6 is 11.3 Å². The molecule has 2 N–H and O–H groups in total. The number of thiazole rings is 1. The number of nitrogens with one attached hydrogen (secondary N) is 2. The van der Waals surface area contributed by atoms with E-state index >= 15 is 0 Å². The molecule has 0 atom stereocenters.